The van der Waals surface area contributed by atoms with E-state index in [1.54, 1.807) is 0 Å². The Hall–Kier alpha value is 0.140. The Morgan fingerprint density at radius 1 is 1.33 bits per heavy atom. The standard InChI is InChI=1S/C12H20BrNS/c1-8(2)14-7-9(3)10(4)12-11(13)5-6-15-12/h5-6,8-10,14H,7H2,1-4H3. The number of rotatable bonds is 5. The third-order valence-electron chi connectivity index (χ3n) is 2.76. The lowest BCUT2D eigenvalue weighted by Crippen LogP contribution is -2.29. The van der Waals surface area contributed by atoms with Crippen LogP contribution in [0.25, 0.3) is 0 Å². The van der Waals surface area contributed by atoms with Crippen LogP contribution in [0.4, 0.5) is 0 Å². The molecule has 2 atom stereocenters. The molecule has 2 unspecified atom stereocenters. The number of hydrogen-bond donors (Lipinski definition) is 1. The second kappa shape index (κ2) is 6.02. The topological polar surface area (TPSA) is 12.0 Å². The number of halogens is 1. The van der Waals surface area contributed by atoms with Gasteiger partial charge in [0.1, 0.15) is 0 Å². The van der Waals surface area contributed by atoms with E-state index in [0.717, 1.165) is 6.54 Å². The fraction of sp³-hybridized carbons (Fsp3) is 0.667. The Balaban J connectivity index is 2.53. The second-order valence-electron chi connectivity index (χ2n) is 4.46. The third-order valence-corrected chi connectivity index (χ3v) is 4.83. The molecule has 15 heavy (non-hydrogen) atoms. The lowest BCUT2D eigenvalue weighted by atomic mass is 9.94. The van der Waals surface area contributed by atoms with Crippen molar-refractivity contribution in [2.45, 2.75) is 39.7 Å². The van der Waals surface area contributed by atoms with E-state index in [2.05, 4.69) is 60.4 Å². The van der Waals surface area contributed by atoms with Gasteiger partial charge in [0.2, 0.25) is 0 Å². The summed E-state index contributed by atoms with van der Waals surface area (Å²) in [5.41, 5.74) is 0. The van der Waals surface area contributed by atoms with E-state index in [-0.39, 0.29) is 0 Å². The smallest absolute Gasteiger partial charge is 0.0317 e. The zero-order valence-corrected chi connectivity index (χ0v) is 12.3. The number of hydrogen-bond acceptors (Lipinski definition) is 2. The molecule has 3 heteroatoms. The highest BCUT2D eigenvalue weighted by Crippen LogP contribution is 2.34. The van der Waals surface area contributed by atoms with Crippen LogP contribution in [0.1, 0.15) is 38.5 Å². The first kappa shape index (κ1) is 13.2. The van der Waals surface area contributed by atoms with Gasteiger partial charge < -0.3 is 5.32 Å². The maximum absolute atomic E-state index is 3.61. The molecule has 0 aliphatic carbocycles. The molecule has 0 radical (unpaired) electrons. The summed E-state index contributed by atoms with van der Waals surface area (Å²) in [5.74, 6) is 1.29. The number of thiophene rings is 1. The van der Waals surface area contributed by atoms with Crippen LogP contribution in [-0.2, 0) is 0 Å². The van der Waals surface area contributed by atoms with Crippen molar-refractivity contribution in [2.24, 2.45) is 5.92 Å². The summed E-state index contributed by atoms with van der Waals surface area (Å²) in [6.45, 7) is 10.1. The normalized spacial score (nSPS) is 15.6. The van der Waals surface area contributed by atoms with Gasteiger partial charge >= 0.3 is 0 Å². The SMILES string of the molecule is CC(C)NCC(C)C(C)c1sccc1Br. The van der Waals surface area contributed by atoms with Gasteiger partial charge in [0.15, 0.2) is 0 Å². The summed E-state index contributed by atoms with van der Waals surface area (Å²) >= 11 is 5.45. The maximum Gasteiger partial charge on any atom is 0.0317 e. The molecule has 0 spiro atoms. The molecular weight excluding hydrogens is 270 g/mol. The average molecular weight is 290 g/mol. The molecule has 0 amide bonds. The monoisotopic (exact) mass is 289 g/mol. The van der Waals surface area contributed by atoms with Gasteiger partial charge in [0, 0.05) is 15.4 Å². The Morgan fingerprint density at radius 2 is 2.00 bits per heavy atom. The lowest BCUT2D eigenvalue weighted by molar-refractivity contribution is 0.429. The summed E-state index contributed by atoms with van der Waals surface area (Å²) in [5, 5.41) is 5.65. The van der Waals surface area contributed by atoms with Crippen LogP contribution in [0.5, 0.6) is 0 Å². The van der Waals surface area contributed by atoms with Crippen molar-refractivity contribution in [3.63, 3.8) is 0 Å². The van der Waals surface area contributed by atoms with Crippen molar-refractivity contribution < 1.29 is 0 Å². The average Bonchev–Trinajstić information content (AvgIpc) is 2.59. The van der Waals surface area contributed by atoms with Gasteiger partial charge in [-0.25, -0.2) is 0 Å². The molecule has 1 rings (SSSR count). The third kappa shape index (κ3) is 3.89. The minimum absolute atomic E-state index is 0.575. The van der Waals surface area contributed by atoms with E-state index < -0.39 is 0 Å². The van der Waals surface area contributed by atoms with Gasteiger partial charge in [-0.2, -0.15) is 0 Å². The summed E-state index contributed by atoms with van der Waals surface area (Å²) in [6.07, 6.45) is 0. The van der Waals surface area contributed by atoms with Gasteiger partial charge in [0.25, 0.3) is 0 Å². The molecule has 1 aromatic heterocycles. The first-order valence-corrected chi connectivity index (χ1v) is 7.16. The van der Waals surface area contributed by atoms with Gasteiger partial charge in [-0.05, 0) is 45.8 Å². The fourth-order valence-electron chi connectivity index (χ4n) is 1.49. The van der Waals surface area contributed by atoms with Gasteiger partial charge in [-0.15, -0.1) is 11.3 Å². The van der Waals surface area contributed by atoms with Crippen LogP contribution in [0, 0.1) is 5.92 Å². The Labute approximate surface area is 105 Å². The molecule has 86 valence electrons. The minimum atomic E-state index is 0.575. The van der Waals surface area contributed by atoms with Crippen molar-refractivity contribution >= 4 is 27.3 Å². The van der Waals surface area contributed by atoms with Crippen LogP contribution < -0.4 is 5.32 Å². The summed E-state index contributed by atoms with van der Waals surface area (Å²) < 4.78 is 1.26. The van der Waals surface area contributed by atoms with Gasteiger partial charge in [-0.3, -0.25) is 0 Å². The van der Waals surface area contributed by atoms with Crippen LogP contribution in [-0.4, -0.2) is 12.6 Å². The van der Waals surface area contributed by atoms with Crippen molar-refractivity contribution in [3.05, 3.63) is 20.8 Å². The second-order valence-corrected chi connectivity index (χ2v) is 6.26. The van der Waals surface area contributed by atoms with E-state index in [0.29, 0.717) is 17.9 Å². The molecule has 0 aromatic carbocycles. The maximum atomic E-state index is 3.61. The number of nitrogens with one attached hydrogen (secondary N) is 1. The van der Waals surface area contributed by atoms with E-state index in [4.69, 9.17) is 0 Å². The van der Waals surface area contributed by atoms with E-state index >= 15 is 0 Å². The molecule has 1 N–H and O–H groups in total. The predicted octanol–water partition coefficient (Wildman–Crippen LogP) is 4.25. The molecule has 0 fully saturated rings. The molecule has 1 aromatic rings. The van der Waals surface area contributed by atoms with Gasteiger partial charge in [0.05, 0.1) is 0 Å². The molecule has 0 bridgehead atoms. The molecular formula is C12H20BrNS. The Kier molecular flexibility index (Phi) is 5.30. The highest BCUT2D eigenvalue weighted by Gasteiger charge is 2.17. The Morgan fingerprint density at radius 3 is 2.47 bits per heavy atom. The fourth-order valence-corrected chi connectivity index (χ4v) is 3.41. The zero-order valence-electron chi connectivity index (χ0n) is 9.88. The highest BCUT2D eigenvalue weighted by molar-refractivity contribution is 9.10. The molecule has 0 aliphatic rings. The van der Waals surface area contributed by atoms with Crippen molar-refractivity contribution in [2.75, 3.05) is 6.54 Å². The zero-order chi connectivity index (χ0) is 11.4. The molecule has 0 saturated carbocycles. The summed E-state index contributed by atoms with van der Waals surface area (Å²) in [4.78, 5) is 1.47. The van der Waals surface area contributed by atoms with E-state index in [9.17, 15) is 0 Å². The van der Waals surface area contributed by atoms with Crippen molar-refractivity contribution in [1.29, 1.82) is 0 Å². The summed E-state index contributed by atoms with van der Waals surface area (Å²) in [6, 6.07) is 2.71. The van der Waals surface area contributed by atoms with Crippen molar-refractivity contribution in [1.82, 2.24) is 5.32 Å². The first-order chi connectivity index (χ1) is 7.02. The molecule has 0 saturated heterocycles. The lowest BCUT2D eigenvalue weighted by Gasteiger charge is -2.21. The quantitative estimate of drug-likeness (QED) is 0.855. The Bertz CT molecular complexity index is 296. The summed E-state index contributed by atoms with van der Waals surface area (Å²) in [7, 11) is 0. The van der Waals surface area contributed by atoms with Crippen molar-refractivity contribution in [3.8, 4) is 0 Å². The van der Waals surface area contributed by atoms with Gasteiger partial charge in [-0.1, -0.05) is 27.7 Å². The van der Waals surface area contributed by atoms with E-state index in [1.165, 1.54) is 9.35 Å². The first-order valence-electron chi connectivity index (χ1n) is 5.48. The molecule has 1 heterocycles. The van der Waals surface area contributed by atoms with Crippen LogP contribution >= 0.6 is 27.3 Å². The largest absolute Gasteiger partial charge is 0.314 e. The molecule has 1 nitrogen and oxygen atoms in total. The predicted molar refractivity (Wildman–Crippen MR) is 72.7 cm³/mol. The van der Waals surface area contributed by atoms with E-state index in [1.807, 2.05) is 11.3 Å². The minimum Gasteiger partial charge on any atom is -0.314 e. The van der Waals surface area contributed by atoms with Crippen LogP contribution in [0.3, 0.4) is 0 Å². The van der Waals surface area contributed by atoms with Crippen LogP contribution in [0.2, 0.25) is 0 Å². The molecule has 0 aliphatic heterocycles. The van der Waals surface area contributed by atoms with Crippen LogP contribution in [0.15, 0.2) is 15.9 Å². The highest BCUT2D eigenvalue weighted by atomic mass is 79.9.